The van der Waals surface area contributed by atoms with Crippen LogP contribution in [0.25, 0.3) is 0 Å². The lowest BCUT2D eigenvalue weighted by Crippen LogP contribution is -1.85. The molecular formula is C18H34. The Bertz CT molecular complexity index is 198. The molecule has 0 radical (unpaired) electrons. The first kappa shape index (κ1) is 17.5. The van der Waals surface area contributed by atoms with E-state index in [2.05, 4.69) is 45.1 Å². The van der Waals surface area contributed by atoms with Gasteiger partial charge in [-0.1, -0.05) is 77.2 Å². The second kappa shape index (κ2) is 14.5. The maximum absolute atomic E-state index is 2.35. The van der Waals surface area contributed by atoms with Crippen LogP contribution in [0.2, 0.25) is 0 Å². The monoisotopic (exact) mass is 250 g/mol. The van der Waals surface area contributed by atoms with Crippen LogP contribution in [-0.4, -0.2) is 0 Å². The Labute approximate surface area is 116 Å². The van der Waals surface area contributed by atoms with Crippen molar-refractivity contribution in [1.82, 2.24) is 0 Å². The molecule has 0 heteroatoms. The normalized spacial score (nSPS) is 12.2. The summed E-state index contributed by atoms with van der Waals surface area (Å²) < 4.78 is 0. The molecule has 0 bridgehead atoms. The van der Waals surface area contributed by atoms with Crippen molar-refractivity contribution in [3.05, 3.63) is 24.3 Å². The van der Waals surface area contributed by atoms with Gasteiger partial charge in [0, 0.05) is 0 Å². The van der Waals surface area contributed by atoms with Gasteiger partial charge in [0.15, 0.2) is 0 Å². The summed E-state index contributed by atoms with van der Waals surface area (Å²) in [5.41, 5.74) is 0. The van der Waals surface area contributed by atoms with Gasteiger partial charge in [0.2, 0.25) is 0 Å². The van der Waals surface area contributed by atoms with Crippen molar-refractivity contribution in [2.45, 2.75) is 85.0 Å². The van der Waals surface area contributed by atoms with Crippen LogP contribution < -0.4 is 0 Å². The molecule has 0 spiro atoms. The SMILES string of the molecule is CCCCCC/C=C/C/C=C/CCCCC(C)C. The minimum absolute atomic E-state index is 0.865. The lowest BCUT2D eigenvalue weighted by molar-refractivity contribution is 0.540. The average molecular weight is 250 g/mol. The third kappa shape index (κ3) is 15.5. The highest BCUT2D eigenvalue weighted by Crippen LogP contribution is 2.08. The second-order valence-corrected chi connectivity index (χ2v) is 5.71. The standard InChI is InChI=1S/C18H34/c1-4-5-6-7-8-9-10-11-12-13-14-15-16-17-18(2)3/h9-10,12-13,18H,4-8,11,14-17H2,1-3H3/b10-9+,13-12+. The molecule has 18 heavy (non-hydrogen) atoms. The fourth-order valence-electron chi connectivity index (χ4n) is 2.01. The summed E-state index contributed by atoms with van der Waals surface area (Å²) >= 11 is 0. The summed E-state index contributed by atoms with van der Waals surface area (Å²) in [7, 11) is 0. The van der Waals surface area contributed by atoms with E-state index in [4.69, 9.17) is 0 Å². The van der Waals surface area contributed by atoms with Gasteiger partial charge in [-0.3, -0.25) is 0 Å². The number of allylic oxidation sites excluding steroid dienone is 4. The summed E-state index contributed by atoms with van der Waals surface area (Å²) in [6, 6.07) is 0. The van der Waals surface area contributed by atoms with Gasteiger partial charge in [-0.2, -0.15) is 0 Å². The van der Waals surface area contributed by atoms with E-state index in [0.717, 1.165) is 12.3 Å². The van der Waals surface area contributed by atoms with Crippen LogP contribution in [0.15, 0.2) is 24.3 Å². The molecule has 0 heterocycles. The molecule has 106 valence electrons. The van der Waals surface area contributed by atoms with Crippen molar-refractivity contribution in [1.29, 1.82) is 0 Å². The summed E-state index contributed by atoms with van der Waals surface area (Å²) in [6.45, 7) is 6.88. The molecular weight excluding hydrogens is 216 g/mol. The van der Waals surface area contributed by atoms with E-state index in [1.807, 2.05) is 0 Å². The molecule has 0 rings (SSSR count). The smallest absolute Gasteiger partial charge is 0.0169 e. The van der Waals surface area contributed by atoms with E-state index in [-0.39, 0.29) is 0 Å². The van der Waals surface area contributed by atoms with Crippen molar-refractivity contribution in [3.63, 3.8) is 0 Å². The van der Waals surface area contributed by atoms with E-state index < -0.39 is 0 Å². The third-order valence-electron chi connectivity index (χ3n) is 3.23. The van der Waals surface area contributed by atoms with Crippen LogP contribution in [0.1, 0.15) is 85.0 Å². The highest BCUT2D eigenvalue weighted by atomic mass is 14.0. The Kier molecular flexibility index (Phi) is 14.1. The predicted molar refractivity (Wildman–Crippen MR) is 85.0 cm³/mol. The van der Waals surface area contributed by atoms with Crippen LogP contribution >= 0.6 is 0 Å². The predicted octanol–water partition coefficient (Wildman–Crippen LogP) is 6.68. The molecule has 0 nitrogen and oxygen atoms in total. The van der Waals surface area contributed by atoms with Crippen LogP contribution in [-0.2, 0) is 0 Å². The van der Waals surface area contributed by atoms with Gasteiger partial charge in [-0.05, 0) is 38.0 Å². The zero-order valence-corrected chi connectivity index (χ0v) is 13.0. The molecule has 0 aromatic rings. The first-order valence-electron chi connectivity index (χ1n) is 8.07. The maximum atomic E-state index is 2.35. The minimum atomic E-state index is 0.865. The quantitative estimate of drug-likeness (QED) is 0.268. The number of unbranched alkanes of at least 4 members (excludes halogenated alkanes) is 6. The summed E-state index contributed by atoms with van der Waals surface area (Å²) in [4.78, 5) is 0. The Balaban J connectivity index is 3.19. The minimum Gasteiger partial charge on any atom is -0.0882 e. The summed E-state index contributed by atoms with van der Waals surface area (Å²) in [5.74, 6) is 0.865. The van der Waals surface area contributed by atoms with E-state index in [9.17, 15) is 0 Å². The van der Waals surface area contributed by atoms with Gasteiger partial charge in [0.05, 0.1) is 0 Å². The number of hydrogen-bond donors (Lipinski definition) is 0. The fraction of sp³-hybridized carbons (Fsp3) is 0.778. The molecule has 0 amide bonds. The lowest BCUT2D eigenvalue weighted by Gasteiger charge is -2.01. The lowest BCUT2D eigenvalue weighted by atomic mass is 10.1. The molecule has 0 saturated carbocycles. The fourth-order valence-corrected chi connectivity index (χ4v) is 2.01. The molecule has 0 fully saturated rings. The average Bonchev–Trinajstić information content (AvgIpc) is 2.34. The van der Waals surface area contributed by atoms with Crippen molar-refractivity contribution < 1.29 is 0 Å². The first-order chi connectivity index (χ1) is 8.77. The molecule has 0 aromatic carbocycles. The molecule has 0 N–H and O–H groups in total. The van der Waals surface area contributed by atoms with Gasteiger partial charge in [-0.15, -0.1) is 0 Å². The van der Waals surface area contributed by atoms with Gasteiger partial charge < -0.3 is 0 Å². The maximum Gasteiger partial charge on any atom is -0.0169 e. The van der Waals surface area contributed by atoms with Crippen LogP contribution in [0.4, 0.5) is 0 Å². The molecule has 0 saturated heterocycles. The van der Waals surface area contributed by atoms with Crippen molar-refractivity contribution in [3.8, 4) is 0 Å². The van der Waals surface area contributed by atoms with Crippen LogP contribution in [0.5, 0.6) is 0 Å². The summed E-state index contributed by atoms with van der Waals surface area (Å²) in [6.07, 6.45) is 22.6. The molecule has 0 aliphatic heterocycles. The van der Waals surface area contributed by atoms with Gasteiger partial charge in [0.1, 0.15) is 0 Å². The van der Waals surface area contributed by atoms with E-state index in [1.165, 1.54) is 57.8 Å². The first-order valence-corrected chi connectivity index (χ1v) is 8.07. The Morgan fingerprint density at radius 1 is 0.722 bits per heavy atom. The second-order valence-electron chi connectivity index (χ2n) is 5.71. The van der Waals surface area contributed by atoms with E-state index >= 15 is 0 Å². The summed E-state index contributed by atoms with van der Waals surface area (Å²) in [5, 5.41) is 0. The topological polar surface area (TPSA) is 0 Å². The van der Waals surface area contributed by atoms with E-state index in [0.29, 0.717) is 0 Å². The van der Waals surface area contributed by atoms with Crippen molar-refractivity contribution in [2.24, 2.45) is 5.92 Å². The molecule has 0 atom stereocenters. The Morgan fingerprint density at radius 3 is 1.89 bits per heavy atom. The molecule has 0 unspecified atom stereocenters. The van der Waals surface area contributed by atoms with Crippen LogP contribution in [0.3, 0.4) is 0 Å². The number of hydrogen-bond acceptors (Lipinski definition) is 0. The van der Waals surface area contributed by atoms with E-state index in [1.54, 1.807) is 0 Å². The van der Waals surface area contributed by atoms with Crippen molar-refractivity contribution >= 4 is 0 Å². The molecule has 0 aliphatic carbocycles. The number of rotatable bonds is 12. The van der Waals surface area contributed by atoms with Gasteiger partial charge in [0.25, 0.3) is 0 Å². The zero-order chi connectivity index (χ0) is 13.5. The largest absolute Gasteiger partial charge is 0.0882 e. The zero-order valence-electron chi connectivity index (χ0n) is 13.0. The Morgan fingerprint density at radius 2 is 1.33 bits per heavy atom. The molecule has 0 aromatic heterocycles. The Hall–Kier alpha value is -0.520. The van der Waals surface area contributed by atoms with Gasteiger partial charge >= 0.3 is 0 Å². The highest BCUT2D eigenvalue weighted by Gasteiger charge is 1.91. The van der Waals surface area contributed by atoms with Gasteiger partial charge in [-0.25, -0.2) is 0 Å². The van der Waals surface area contributed by atoms with Crippen molar-refractivity contribution in [2.75, 3.05) is 0 Å². The third-order valence-corrected chi connectivity index (χ3v) is 3.23. The molecule has 0 aliphatic rings. The van der Waals surface area contributed by atoms with Crippen LogP contribution in [0, 0.1) is 5.92 Å². The highest BCUT2D eigenvalue weighted by molar-refractivity contribution is 4.92.